The maximum Gasteiger partial charge on any atom is 2.00 e. The van der Waals surface area contributed by atoms with Gasteiger partial charge in [0.2, 0.25) is 0 Å². The second-order valence-electron chi connectivity index (χ2n) is 19.4. The monoisotopic (exact) mass is 1050 g/mol. The van der Waals surface area contributed by atoms with Crippen molar-refractivity contribution in [1.82, 2.24) is 23.7 Å². The Morgan fingerprint density at radius 1 is 0.433 bits per heavy atom. The largest absolute Gasteiger partial charge is 2.00 e. The zero-order valence-corrected chi connectivity index (χ0v) is 40.5. The summed E-state index contributed by atoms with van der Waals surface area (Å²) in [7, 11) is 0. The number of rotatable bonds is 6. The normalized spacial score (nSPS) is 12.2. The van der Waals surface area contributed by atoms with E-state index in [4.69, 9.17) is 14.7 Å². The van der Waals surface area contributed by atoms with Crippen LogP contribution in [-0.2, 0) is 31.9 Å². The average molecular weight is 1050 g/mol. The Balaban J connectivity index is 0.00000494. The van der Waals surface area contributed by atoms with Crippen molar-refractivity contribution in [2.45, 2.75) is 52.4 Å². The Morgan fingerprint density at radius 2 is 0.940 bits per heavy atom. The molecule has 12 rings (SSSR count). The van der Waals surface area contributed by atoms with Crippen LogP contribution >= 0.6 is 0 Å². The van der Waals surface area contributed by atoms with E-state index in [1.165, 1.54) is 32.9 Å². The van der Waals surface area contributed by atoms with Crippen molar-refractivity contribution in [3.8, 4) is 39.9 Å². The fraction of sp³-hybridized carbons (Fsp3) is 0.133. The molecule has 67 heavy (non-hydrogen) atoms. The molecule has 328 valence electrons. The number of nitrogens with zero attached hydrogens (tertiary/aromatic N) is 5. The third-order valence-corrected chi connectivity index (χ3v) is 13.1. The van der Waals surface area contributed by atoms with Gasteiger partial charge in [-0.3, -0.25) is 0 Å². The van der Waals surface area contributed by atoms with E-state index in [9.17, 15) is 0 Å². The van der Waals surface area contributed by atoms with Gasteiger partial charge < -0.3 is 18.4 Å². The minimum absolute atomic E-state index is 0. The number of fused-ring (bicyclic) bond motifs is 9. The molecule has 0 spiro atoms. The first-order valence-corrected chi connectivity index (χ1v) is 22.7. The van der Waals surface area contributed by atoms with Gasteiger partial charge in [0.25, 0.3) is 0 Å². The summed E-state index contributed by atoms with van der Waals surface area (Å²) in [6.45, 7) is 13.4. The second kappa shape index (κ2) is 16.0. The van der Waals surface area contributed by atoms with E-state index in [1.54, 1.807) is 0 Å². The molecule has 0 atom stereocenters. The number of para-hydroxylation sites is 4. The van der Waals surface area contributed by atoms with Crippen LogP contribution in [0.2, 0.25) is 0 Å². The molecule has 0 aliphatic carbocycles. The van der Waals surface area contributed by atoms with E-state index in [2.05, 4.69) is 219 Å². The van der Waals surface area contributed by atoms with Crippen molar-refractivity contribution in [1.29, 1.82) is 0 Å². The molecule has 0 saturated carbocycles. The molecule has 6 nitrogen and oxygen atoms in total. The third-order valence-electron chi connectivity index (χ3n) is 13.1. The molecule has 0 bridgehead atoms. The van der Waals surface area contributed by atoms with E-state index in [-0.39, 0.29) is 31.9 Å². The summed E-state index contributed by atoms with van der Waals surface area (Å²) in [6, 6.07) is 65.6. The molecule has 0 N–H and O–H groups in total. The summed E-state index contributed by atoms with van der Waals surface area (Å²) in [5, 5.41) is 6.83. The van der Waals surface area contributed by atoms with E-state index in [0.29, 0.717) is 11.5 Å². The number of hydrogen-bond acceptors (Lipinski definition) is 3. The minimum Gasteiger partial charge on any atom is -0.509 e. The molecule has 5 aromatic heterocycles. The van der Waals surface area contributed by atoms with Crippen LogP contribution in [0.15, 0.2) is 176 Å². The van der Waals surface area contributed by atoms with Gasteiger partial charge in [-0.2, -0.15) is 12.1 Å². The molecule has 0 unspecified atom stereocenters. The predicted molar refractivity (Wildman–Crippen MR) is 272 cm³/mol. The molecule has 0 aliphatic heterocycles. The van der Waals surface area contributed by atoms with Crippen LogP contribution in [0.4, 0.5) is 0 Å². The molecule has 0 amide bonds. The molecule has 7 heteroatoms. The SMILES string of the molecule is CC(C)(C)c1ccnc(-n2c3[c-]c(Oc4[c-]c5c(cc4)c4cc(-c6cccc7c8ccccc8n(-c8ccccc8)c67)ccc4n5-c4cc(C(C)(C)C)ccn4)ccc3c3ccccc32)c1.[Pt+2]. The van der Waals surface area contributed by atoms with Gasteiger partial charge in [-0.1, -0.05) is 138 Å². The molecule has 0 saturated heterocycles. The van der Waals surface area contributed by atoms with Gasteiger partial charge in [0.05, 0.1) is 11.0 Å². The maximum atomic E-state index is 6.77. The minimum atomic E-state index is -0.0714. The molecular formula is C60H47N5OPt. The number of ether oxygens (including phenoxy) is 1. The summed E-state index contributed by atoms with van der Waals surface area (Å²) in [5.74, 6) is 2.86. The topological polar surface area (TPSA) is 49.8 Å². The molecule has 0 fully saturated rings. The molecule has 5 heterocycles. The fourth-order valence-corrected chi connectivity index (χ4v) is 9.79. The van der Waals surface area contributed by atoms with Crippen molar-refractivity contribution in [2.75, 3.05) is 0 Å². The van der Waals surface area contributed by atoms with Gasteiger partial charge in [0.1, 0.15) is 11.6 Å². The number of hydrogen-bond donors (Lipinski definition) is 0. The van der Waals surface area contributed by atoms with Gasteiger partial charge in [-0.05, 0) is 92.9 Å². The Hall–Kier alpha value is -7.27. The van der Waals surface area contributed by atoms with Gasteiger partial charge in [-0.25, -0.2) is 9.97 Å². The van der Waals surface area contributed by atoms with Crippen LogP contribution in [0.25, 0.3) is 93.9 Å². The first-order chi connectivity index (χ1) is 32.0. The van der Waals surface area contributed by atoms with Crippen molar-refractivity contribution >= 4 is 65.4 Å². The summed E-state index contributed by atoms with van der Waals surface area (Å²) in [4.78, 5) is 9.88. The van der Waals surface area contributed by atoms with Crippen molar-refractivity contribution < 1.29 is 25.8 Å². The van der Waals surface area contributed by atoms with Crippen LogP contribution in [0.3, 0.4) is 0 Å². The van der Waals surface area contributed by atoms with Gasteiger partial charge in [0, 0.05) is 56.9 Å². The number of aromatic nitrogens is 5. The molecule has 12 aromatic rings. The first-order valence-electron chi connectivity index (χ1n) is 22.7. The van der Waals surface area contributed by atoms with Crippen LogP contribution in [0, 0.1) is 12.1 Å². The Kier molecular flexibility index (Phi) is 10.1. The smallest absolute Gasteiger partial charge is 0.509 e. The Labute approximate surface area is 404 Å². The summed E-state index contributed by atoms with van der Waals surface area (Å²) in [5.41, 5.74) is 12.0. The molecule has 7 aromatic carbocycles. The Bertz CT molecular complexity index is 3880. The Morgan fingerprint density at radius 3 is 1.54 bits per heavy atom. The molecular weight excluding hydrogens is 1000 g/mol. The number of benzene rings is 7. The second-order valence-corrected chi connectivity index (χ2v) is 19.4. The van der Waals surface area contributed by atoms with Crippen LogP contribution in [0.5, 0.6) is 11.5 Å². The quantitative estimate of drug-likeness (QED) is 0.156. The van der Waals surface area contributed by atoms with Crippen LogP contribution in [-0.4, -0.2) is 23.7 Å². The zero-order chi connectivity index (χ0) is 44.9. The predicted octanol–water partition coefficient (Wildman–Crippen LogP) is 15.4. The summed E-state index contributed by atoms with van der Waals surface area (Å²) >= 11 is 0. The van der Waals surface area contributed by atoms with Crippen LogP contribution in [0.1, 0.15) is 52.7 Å². The molecule has 0 aliphatic rings. The van der Waals surface area contributed by atoms with E-state index < -0.39 is 0 Å². The van der Waals surface area contributed by atoms with E-state index in [1.807, 2.05) is 24.5 Å². The molecule has 0 radical (unpaired) electrons. The number of pyridine rings is 2. The third kappa shape index (κ3) is 7.05. The average Bonchev–Trinajstić information content (AvgIpc) is 3.96. The maximum absolute atomic E-state index is 6.77. The van der Waals surface area contributed by atoms with Crippen LogP contribution < -0.4 is 4.74 Å². The summed E-state index contributed by atoms with van der Waals surface area (Å²) in [6.07, 6.45) is 3.82. The van der Waals surface area contributed by atoms with E-state index >= 15 is 0 Å². The standard InChI is InChI=1S/C60H47N5O.Pt/c1-59(2,3)39-29-31-61-56(34-39)64-52-22-13-10-17-45(52)47-26-24-42(36-54(47)64)66-43-25-27-48-50-33-38(23-28-53(50)65(55(48)37-43)57-35-40(30-32-62-57)60(4,5)6)44-19-14-20-49-46-18-11-12-21-51(46)63(58(44)49)41-15-8-7-9-16-41;/h7-35H,1-6H3;/q-2;+2. The van der Waals surface area contributed by atoms with Gasteiger partial charge >= 0.3 is 21.1 Å². The van der Waals surface area contributed by atoms with Gasteiger partial charge in [-0.15, -0.1) is 35.0 Å². The van der Waals surface area contributed by atoms with Crippen molar-refractivity contribution in [2.24, 2.45) is 0 Å². The van der Waals surface area contributed by atoms with Crippen molar-refractivity contribution in [3.05, 3.63) is 199 Å². The zero-order valence-electron chi connectivity index (χ0n) is 38.2. The van der Waals surface area contributed by atoms with Crippen molar-refractivity contribution in [3.63, 3.8) is 0 Å². The fourth-order valence-electron chi connectivity index (χ4n) is 9.79. The summed E-state index contributed by atoms with van der Waals surface area (Å²) < 4.78 is 13.6. The first kappa shape index (κ1) is 42.4. The van der Waals surface area contributed by atoms with Gasteiger partial charge in [0.15, 0.2) is 0 Å². The van der Waals surface area contributed by atoms with E-state index in [0.717, 1.165) is 72.1 Å².